The molecular weight excluding hydrogens is 214 g/mol. The predicted molar refractivity (Wildman–Crippen MR) is 56.1 cm³/mol. The van der Waals surface area contributed by atoms with Gasteiger partial charge in [0.15, 0.2) is 0 Å². The second kappa shape index (κ2) is 7.56. The smallest absolute Gasteiger partial charge is 0.323 e. The number of aliphatic hydroxyl groups is 1. The van der Waals surface area contributed by atoms with Crippen molar-refractivity contribution in [1.82, 2.24) is 5.32 Å². The van der Waals surface area contributed by atoms with Crippen LogP contribution >= 0.6 is 0 Å². The Morgan fingerprint density at radius 2 is 2.12 bits per heavy atom. The Morgan fingerprint density at radius 1 is 1.38 bits per heavy atom. The van der Waals surface area contributed by atoms with Crippen molar-refractivity contribution in [1.29, 1.82) is 0 Å². The first-order valence-corrected chi connectivity index (χ1v) is 5.39. The molecule has 0 bridgehead atoms. The highest BCUT2D eigenvalue weighted by Crippen LogP contribution is 2.07. The highest BCUT2D eigenvalue weighted by molar-refractivity contribution is 5.76. The first-order valence-electron chi connectivity index (χ1n) is 5.39. The molecule has 0 saturated carbocycles. The lowest BCUT2D eigenvalue weighted by molar-refractivity contribution is -0.147. The number of methoxy groups -OCH3 is 1. The van der Waals surface area contributed by atoms with Crippen molar-refractivity contribution in [3.63, 3.8) is 0 Å². The molecule has 6 nitrogen and oxygen atoms in total. The summed E-state index contributed by atoms with van der Waals surface area (Å²) in [7, 11) is 1.60. The molecular formula is C10H19NO5. The summed E-state index contributed by atoms with van der Waals surface area (Å²) in [5.41, 5.74) is 0. The van der Waals surface area contributed by atoms with Gasteiger partial charge >= 0.3 is 5.97 Å². The highest BCUT2D eigenvalue weighted by atomic mass is 16.6. The SMILES string of the molecule is COCCOCCOC(=O)[C@H]1C[C@@H](O)CN1. The van der Waals surface area contributed by atoms with Crippen molar-refractivity contribution in [3.05, 3.63) is 0 Å². The molecule has 0 unspecified atom stereocenters. The van der Waals surface area contributed by atoms with Gasteiger partial charge in [0.25, 0.3) is 0 Å². The van der Waals surface area contributed by atoms with Crippen molar-refractivity contribution in [2.75, 3.05) is 40.1 Å². The van der Waals surface area contributed by atoms with E-state index in [2.05, 4.69) is 5.32 Å². The van der Waals surface area contributed by atoms with Crippen LogP contribution in [0.1, 0.15) is 6.42 Å². The second-order valence-electron chi connectivity index (χ2n) is 3.62. The monoisotopic (exact) mass is 233 g/mol. The van der Waals surface area contributed by atoms with Crippen molar-refractivity contribution < 1.29 is 24.1 Å². The quantitative estimate of drug-likeness (QED) is 0.430. The van der Waals surface area contributed by atoms with Gasteiger partial charge in [-0.2, -0.15) is 0 Å². The minimum atomic E-state index is -0.449. The van der Waals surface area contributed by atoms with Crippen LogP contribution in [0, 0.1) is 0 Å². The number of carbonyl (C=O) groups excluding carboxylic acids is 1. The number of hydrogen-bond acceptors (Lipinski definition) is 6. The summed E-state index contributed by atoms with van der Waals surface area (Å²) >= 11 is 0. The third-order valence-electron chi connectivity index (χ3n) is 2.30. The first-order chi connectivity index (χ1) is 7.74. The number of carbonyl (C=O) groups is 1. The summed E-state index contributed by atoms with van der Waals surface area (Å²) in [4.78, 5) is 11.4. The molecule has 94 valence electrons. The average molecular weight is 233 g/mol. The third kappa shape index (κ3) is 4.89. The van der Waals surface area contributed by atoms with Crippen LogP contribution < -0.4 is 5.32 Å². The number of aliphatic hydroxyl groups excluding tert-OH is 1. The zero-order valence-electron chi connectivity index (χ0n) is 9.48. The maximum Gasteiger partial charge on any atom is 0.323 e. The highest BCUT2D eigenvalue weighted by Gasteiger charge is 2.28. The molecule has 2 N–H and O–H groups in total. The summed E-state index contributed by atoms with van der Waals surface area (Å²) < 4.78 is 14.9. The molecule has 6 heteroatoms. The molecule has 0 spiro atoms. The van der Waals surface area contributed by atoms with Crippen LogP contribution in [0.2, 0.25) is 0 Å². The van der Waals surface area contributed by atoms with Crippen LogP contribution in [0.4, 0.5) is 0 Å². The molecule has 2 atom stereocenters. The number of β-amino-alcohol motifs (C(OH)–C–C–N with tert-alkyl or cyclic N) is 1. The molecule has 0 amide bonds. The summed E-state index contributed by atoms with van der Waals surface area (Å²) in [6.45, 7) is 2.07. The zero-order chi connectivity index (χ0) is 11.8. The molecule has 0 aromatic carbocycles. The van der Waals surface area contributed by atoms with Gasteiger partial charge in [-0.15, -0.1) is 0 Å². The standard InChI is InChI=1S/C10H19NO5/c1-14-2-3-15-4-5-16-10(13)9-6-8(12)7-11-9/h8-9,11-12H,2-7H2,1H3/t8-,9-/m1/s1. The van der Waals surface area contributed by atoms with E-state index in [9.17, 15) is 9.90 Å². The van der Waals surface area contributed by atoms with E-state index in [-0.39, 0.29) is 18.6 Å². The van der Waals surface area contributed by atoms with E-state index >= 15 is 0 Å². The minimum Gasteiger partial charge on any atom is -0.462 e. The van der Waals surface area contributed by atoms with E-state index < -0.39 is 6.10 Å². The Kier molecular flexibility index (Phi) is 6.32. The number of ether oxygens (including phenoxy) is 3. The van der Waals surface area contributed by atoms with Crippen LogP contribution in [0.15, 0.2) is 0 Å². The van der Waals surface area contributed by atoms with Gasteiger partial charge < -0.3 is 24.6 Å². The zero-order valence-corrected chi connectivity index (χ0v) is 9.48. The van der Waals surface area contributed by atoms with Gasteiger partial charge in [-0.05, 0) is 0 Å². The lowest BCUT2D eigenvalue weighted by atomic mass is 10.2. The van der Waals surface area contributed by atoms with Gasteiger partial charge in [-0.3, -0.25) is 4.79 Å². The van der Waals surface area contributed by atoms with E-state index in [1.807, 2.05) is 0 Å². The molecule has 0 radical (unpaired) electrons. The van der Waals surface area contributed by atoms with Crippen LogP contribution in [-0.2, 0) is 19.0 Å². The molecule has 16 heavy (non-hydrogen) atoms. The Labute approximate surface area is 94.9 Å². The van der Waals surface area contributed by atoms with E-state index in [1.165, 1.54) is 0 Å². The van der Waals surface area contributed by atoms with Gasteiger partial charge in [0.2, 0.25) is 0 Å². The molecule has 1 heterocycles. The molecule has 1 rings (SSSR count). The summed E-state index contributed by atoms with van der Waals surface area (Å²) in [5.74, 6) is -0.327. The van der Waals surface area contributed by atoms with E-state index in [1.54, 1.807) is 7.11 Å². The number of hydrogen-bond donors (Lipinski definition) is 2. The van der Waals surface area contributed by atoms with Gasteiger partial charge in [0.05, 0.1) is 25.9 Å². The second-order valence-corrected chi connectivity index (χ2v) is 3.62. The predicted octanol–water partition coefficient (Wildman–Crippen LogP) is -1.08. The minimum absolute atomic E-state index is 0.233. The molecule has 1 aliphatic rings. The average Bonchev–Trinajstić information content (AvgIpc) is 2.70. The lowest BCUT2D eigenvalue weighted by Gasteiger charge is -2.10. The largest absolute Gasteiger partial charge is 0.462 e. The fourth-order valence-electron chi connectivity index (χ4n) is 1.44. The molecule has 0 aromatic rings. The number of esters is 1. The Morgan fingerprint density at radius 3 is 2.75 bits per heavy atom. The molecule has 0 aliphatic carbocycles. The normalized spacial score (nSPS) is 24.6. The maximum atomic E-state index is 11.4. The van der Waals surface area contributed by atoms with Gasteiger partial charge in [0, 0.05) is 20.1 Å². The fraction of sp³-hybridized carbons (Fsp3) is 0.900. The van der Waals surface area contributed by atoms with E-state index in [0.29, 0.717) is 32.8 Å². The van der Waals surface area contributed by atoms with Crippen LogP contribution in [0.3, 0.4) is 0 Å². The van der Waals surface area contributed by atoms with Crippen molar-refractivity contribution >= 4 is 5.97 Å². The van der Waals surface area contributed by atoms with Gasteiger partial charge in [-0.25, -0.2) is 0 Å². The summed E-state index contributed by atoms with van der Waals surface area (Å²) in [6.07, 6.45) is -0.0286. The maximum absolute atomic E-state index is 11.4. The molecule has 1 fully saturated rings. The topological polar surface area (TPSA) is 77.0 Å². The molecule has 1 saturated heterocycles. The fourth-order valence-corrected chi connectivity index (χ4v) is 1.44. The summed E-state index contributed by atoms with van der Waals surface area (Å²) in [6, 6.07) is -0.381. The Balaban J connectivity index is 1.98. The van der Waals surface area contributed by atoms with Crippen LogP contribution in [0.5, 0.6) is 0 Å². The first kappa shape index (κ1) is 13.4. The van der Waals surface area contributed by atoms with Gasteiger partial charge in [-0.1, -0.05) is 0 Å². The van der Waals surface area contributed by atoms with Crippen molar-refractivity contribution in [3.8, 4) is 0 Å². The van der Waals surface area contributed by atoms with Crippen LogP contribution in [0.25, 0.3) is 0 Å². The van der Waals surface area contributed by atoms with Crippen molar-refractivity contribution in [2.45, 2.75) is 18.6 Å². The van der Waals surface area contributed by atoms with Gasteiger partial charge in [0.1, 0.15) is 12.6 Å². The summed E-state index contributed by atoms with van der Waals surface area (Å²) in [5, 5.41) is 12.1. The Bertz CT molecular complexity index is 211. The Hall–Kier alpha value is -0.690. The molecule has 0 aromatic heterocycles. The van der Waals surface area contributed by atoms with Crippen LogP contribution in [-0.4, -0.2) is 63.3 Å². The van der Waals surface area contributed by atoms with Crippen molar-refractivity contribution in [2.24, 2.45) is 0 Å². The number of rotatable bonds is 7. The van der Waals surface area contributed by atoms with E-state index in [4.69, 9.17) is 14.2 Å². The molecule has 1 aliphatic heterocycles. The lowest BCUT2D eigenvalue weighted by Crippen LogP contribution is -2.33. The van der Waals surface area contributed by atoms with E-state index in [0.717, 1.165) is 0 Å². The third-order valence-corrected chi connectivity index (χ3v) is 2.30. The number of nitrogens with one attached hydrogen (secondary N) is 1.